The summed E-state index contributed by atoms with van der Waals surface area (Å²) in [7, 11) is 0. The van der Waals surface area contributed by atoms with Crippen LogP contribution in [0.1, 0.15) is 30.0 Å². The van der Waals surface area contributed by atoms with Gasteiger partial charge in [-0.25, -0.2) is 0 Å². The van der Waals surface area contributed by atoms with Gasteiger partial charge in [-0.2, -0.15) is 0 Å². The van der Waals surface area contributed by atoms with Crippen LogP contribution in [0.2, 0.25) is 0 Å². The van der Waals surface area contributed by atoms with Gasteiger partial charge in [0.1, 0.15) is 0 Å². The Hall–Kier alpha value is -2.07. The predicted octanol–water partition coefficient (Wildman–Crippen LogP) is 3.14. The van der Waals surface area contributed by atoms with Crippen LogP contribution in [0.5, 0.6) is 0 Å². The lowest BCUT2D eigenvalue weighted by Gasteiger charge is -2.24. The molecule has 3 aromatic heterocycles. The maximum Gasteiger partial charge on any atom is 0.0952 e. The van der Waals surface area contributed by atoms with Crippen molar-refractivity contribution in [1.29, 1.82) is 0 Å². The summed E-state index contributed by atoms with van der Waals surface area (Å²) < 4.78 is 7.61. The highest BCUT2D eigenvalue weighted by atomic mass is 16.3. The van der Waals surface area contributed by atoms with E-state index in [1.807, 2.05) is 24.7 Å². The van der Waals surface area contributed by atoms with Gasteiger partial charge >= 0.3 is 0 Å². The van der Waals surface area contributed by atoms with Crippen molar-refractivity contribution in [3.8, 4) is 0 Å². The van der Waals surface area contributed by atoms with Crippen LogP contribution in [0, 0.1) is 0 Å². The third-order valence-electron chi connectivity index (χ3n) is 4.37. The van der Waals surface area contributed by atoms with E-state index in [0.717, 1.165) is 19.6 Å². The zero-order valence-corrected chi connectivity index (χ0v) is 12.0. The fourth-order valence-electron chi connectivity index (χ4n) is 3.30. The lowest BCUT2D eigenvalue weighted by molar-refractivity contribution is 0.445. The normalized spacial score (nSPS) is 19.1. The van der Waals surface area contributed by atoms with E-state index < -0.39 is 0 Å². The van der Waals surface area contributed by atoms with Gasteiger partial charge < -0.3 is 14.3 Å². The average Bonchev–Trinajstić information content (AvgIpc) is 3.17. The lowest BCUT2D eigenvalue weighted by atomic mass is 9.96. The zero-order valence-electron chi connectivity index (χ0n) is 12.0. The molecule has 21 heavy (non-hydrogen) atoms. The molecule has 1 fully saturated rings. The minimum atomic E-state index is 0.582. The number of furan rings is 1. The monoisotopic (exact) mass is 281 g/mol. The van der Waals surface area contributed by atoms with Gasteiger partial charge in [-0.3, -0.25) is 4.98 Å². The van der Waals surface area contributed by atoms with E-state index in [1.165, 1.54) is 35.0 Å². The molecule has 0 saturated carbocycles. The van der Waals surface area contributed by atoms with Crippen LogP contribution in [0.15, 0.2) is 47.5 Å². The number of hydrogen-bond donors (Lipinski definition) is 1. The highest BCUT2D eigenvalue weighted by Gasteiger charge is 2.20. The molecule has 0 radical (unpaired) electrons. The van der Waals surface area contributed by atoms with Crippen LogP contribution in [-0.2, 0) is 6.54 Å². The lowest BCUT2D eigenvalue weighted by Crippen LogP contribution is -2.29. The smallest absolute Gasteiger partial charge is 0.0952 e. The third-order valence-corrected chi connectivity index (χ3v) is 4.37. The van der Waals surface area contributed by atoms with Crippen LogP contribution in [0.3, 0.4) is 0 Å². The maximum absolute atomic E-state index is 5.22. The second-order valence-corrected chi connectivity index (χ2v) is 5.76. The van der Waals surface area contributed by atoms with Crippen molar-refractivity contribution >= 4 is 10.9 Å². The summed E-state index contributed by atoms with van der Waals surface area (Å²) in [6, 6.07) is 6.46. The van der Waals surface area contributed by atoms with Crippen LogP contribution < -0.4 is 5.32 Å². The second-order valence-electron chi connectivity index (χ2n) is 5.76. The zero-order chi connectivity index (χ0) is 14.1. The topological polar surface area (TPSA) is 43.0 Å². The highest BCUT2D eigenvalue weighted by Crippen LogP contribution is 2.30. The van der Waals surface area contributed by atoms with Crippen molar-refractivity contribution in [3.05, 3.63) is 54.4 Å². The molecular formula is C17H19N3O. The quantitative estimate of drug-likeness (QED) is 0.802. The minimum absolute atomic E-state index is 0.582. The van der Waals surface area contributed by atoms with Crippen LogP contribution in [-0.4, -0.2) is 22.6 Å². The van der Waals surface area contributed by atoms with E-state index in [9.17, 15) is 0 Å². The molecule has 4 heterocycles. The van der Waals surface area contributed by atoms with Crippen LogP contribution >= 0.6 is 0 Å². The third kappa shape index (κ3) is 2.36. The molecule has 0 bridgehead atoms. The number of hydrogen-bond acceptors (Lipinski definition) is 3. The van der Waals surface area contributed by atoms with Crippen molar-refractivity contribution in [1.82, 2.24) is 14.9 Å². The molecule has 108 valence electrons. The molecule has 4 nitrogen and oxygen atoms in total. The predicted molar refractivity (Wildman–Crippen MR) is 82.4 cm³/mol. The second kappa shape index (κ2) is 5.37. The van der Waals surface area contributed by atoms with Gasteiger partial charge in [0.2, 0.25) is 0 Å². The number of rotatable bonds is 3. The van der Waals surface area contributed by atoms with Crippen LogP contribution in [0.25, 0.3) is 10.9 Å². The summed E-state index contributed by atoms with van der Waals surface area (Å²) in [6.45, 7) is 3.05. The van der Waals surface area contributed by atoms with Crippen molar-refractivity contribution < 1.29 is 4.42 Å². The van der Waals surface area contributed by atoms with E-state index >= 15 is 0 Å². The van der Waals surface area contributed by atoms with Gasteiger partial charge in [0.05, 0.1) is 30.8 Å². The minimum Gasteiger partial charge on any atom is -0.472 e. The molecule has 0 amide bonds. The molecule has 4 heteroatoms. The van der Waals surface area contributed by atoms with Gasteiger partial charge in [0, 0.05) is 35.3 Å². The van der Waals surface area contributed by atoms with E-state index in [4.69, 9.17) is 4.42 Å². The Kier molecular flexibility index (Phi) is 3.24. The van der Waals surface area contributed by atoms with Gasteiger partial charge in [0.25, 0.3) is 0 Å². The highest BCUT2D eigenvalue weighted by molar-refractivity contribution is 5.80. The number of nitrogens with one attached hydrogen (secondary N) is 1. The van der Waals surface area contributed by atoms with E-state index in [2.05, 4.69) is 27.0 Å². The Balaban J connectivity index is 1.80. The molecular weight excluding hydrogens is 262 g/mol. The Labute approximate surface area is 123 Å². The van der Waals surface area contributed by atoms with Crippen LogP contribution in [0.4, 0.5) is 0 Å². The summed E-state index contributed by atoms with van der Waals surface area (Å²) in [4.78, 5) is 4.30. The van der Waals surface area contributed by atoms with Gasteiger partial charge in [-0.05, 0) is 37.6 Å². The molecule has 1 unspecified atom stereocenters. The number of fused-ring (bicyclic) bond motifs is 1. The molecule has 1 N–H and O–H groups in total. The Bertz CT molecular complexity index is 724. The standard InChI is InChI=1S/C17H19N3O/c1-2-15(9-18-5-1)16-8-14-3-6-19-10-17(14)20(16)11-13-4-7-21-12-13/h3-4,6-8,10,12,15,18H,1-2,5,9,11H2. The van der Waals surface area contributed by atoms with Gasteiger partial charge in [0.15, 0.2) is 0 Å². The summed E-state index contributed by atoms with van der Waals surface area (Å²) >= 11 is 0. The Morgan fingerprint density at radius 3 is 3.19 bits per heavy atom. The summed E-state index contributed by atoms with van der Waals surface area (Å²) in [6.07, 6.45) is 9.90. The Morgan fingerprint density at radius 1 is 1.38 bits per heavy atom. The SMILES string of the molecule is c1cc2cc(C3CCCNC3)n(Cc3ccoc3)c2cn1. The molecule has 0 aromatic carbocycles. The largest absolute Gasteiger partial charge is 0.472 e. The molecule has 4 rings (SSSR count). The van der Waals surface area contributed by atoms with Crippen molar-refractivity contribution in [2.45, 2.75) is 25.3 Å². The molecule has 3 aromatic rings. The summed E-state index contributed by atoms with van der Waals surface area (Å²) in [5.41, 5.74) is 3.81. The van der Waals surface area contributed by atoms with Crippen molar-refractivity contribution in [2.75, 3.05) is 13.1 Å². The van der Waals surface area contributed by atoms with Crippen molar-refractivity contribution in [2.24, 2.45) is 0 Å². The summed E-state index contributed by atoms with van der Waals surface area (Å²) in [5, 5.41) is 4.79. The molecule has 1 aliphatic heterocycles. The molecule has 0 aliphatic carbocycles. The maximum atomic E-state index is 5.22. The molecule has 1 atom stereocenters. The van der Waals surface area contributed by atoms with Gasteiger partial charge in [-0.15, -0.1) is 0 Å². The molecule has 0 spiro atoms. The van der Waals surface area contributed by atoms with Gasteiger partial charge in [-0.1, -0.05) is 0 Å². The van der Waals surface area contributed by atoms with E-state index in [1.54, 1.807) is 6.26 Å². The molecule has 1 aliphatic rings. The number of aromatic nitrogens is 2. The number of pyridine rings is 1. The average molecular weight is 281 g/mol. The van der Waals surface area contributed by atoms with Crippen molar-refractivity contribution in [3.63, 3.8) is 0 Å². The van der Waals surface area contributed by atoms with E-state index in [-0.39, 0.29) is 0 Å². The summed E-state index contributed by atoms with van der Waals surface area (Å²) in [5.74, 6) is 0.582. The first-order chi connectivity index (χ1) is 10.4. The Morgan fingerprint density at radius 2 is 2.38 bits per heavy atom. The fraction of sp³-hybridized carbons (Fsp3) is 0.353. The fourth-order valence-corrected chi connectivity index (χ4v) is 3.30. The first kappa shape index (κ1) is 12.7. The van der Waals surface area contributed by atoms with E-state index in [0.29, 0.717) is 5.92 Å². The first-order valence-electron chi connectivity index (χ1n) is 7.57. The number of nitrogens with zero attached hydrogens (tertiary/aromatic N) is 2. The first-order valence-corrected chi connectivity index (χ1v) is 7.57. The molecule has 1 saturated heterocycles. The number of piperidine rings is 1.